The lowest BCUT2D eigenvalue weighted by atomic mass is 10.3. The molecule has 0 fully saturated rings. The van der Waals surface area contributed by atoms with Crippen molar-refractivity contribution in [3.05, 3.63) is 24.5 Å². The molecule has 0 unspecified atom stereocenters. The molecule has 1 aromatic rings. The topological polar surface area (TPSA) is 57.3 Å². The van der Waals surface area contributed by atoms with Crippen LogP contribution < -0.4 is 10.6 Å². The van der Waals surface area contributed by atoms with E-state index in [1.807, 2.05) is 6.07 Å². The van der Waals surface area contributed by atoms with Gasteiger partial charge in [0.25, 0.3) is 0 Å². The van der Waals surface area contributed by atoms with E-state index in [0.717, 1.165) is 26.1 Å². The highest BCUT2D eigenvalue weighted by molar-refractivity contribution is 5.88. The molecule has 0 aliphatic heterocycles. The van der Waals surface area contributed by atoms with Crippen molar-refractivity contribution in [2.24, 2.45) is 0 Å². The summed E-state index contributed by atoms with van der Waals surface area (Å²) in [4.78, 5) is 17.8. The molecule has 0 saturated heterocycles. The summed E-state index contributed by atoms with van der Waals surface area (Å²) in [5, 5.41) is 5.56. The molecule has 100 valence electrons. The first-order valence-corrected chi connectivity index (χ1v) is 6.43. The van der Waals surface area contributed by atoms with E-state index in [2.05, 4.69) is 34.4 Å². The van der Waals surface area contributed by atoms with Crippen molar-refractivity contribution in [3.8, 4) is 0 Å². The Labute approximate surface area is 109 Å². The highest BCUT2D eigenvalue weighted by Gasteiger charge is 2.02. The molecule has 0 aliphatic carbocycles. The van der Waals surface area contributed by atoms with Crippen LogP contribution in [-0.2, 0) is 0 Å². The summed E-state index contributed by atoms with van der Waals surface area (Å²) in [6, 6.07) is 3.42. The lowest BCUT2D eigenvalue weighted by Crippen LogP contribution is -2.32. The van der Waals surface area contributed by atoms with Gasteiger partial charge in [0.15, 0.2) is 0 Å². The van der Waals surface area contributed by atoms with Gasteiger partial charge in [0, 0.05) is 12.7 Å². The van der Waals surface area contributed by atoms with E-state index in [4.69, 9.17) is 0 Å². The number of amides is 2. The van der Waals surface area contributed by atoms with Crippen LogP contribution in [0.5, 0.6) is 0 Å². The molecular weight excluding hydrogens is 228 g/mol. The Morgan fingerprint density at radius 1 is 1.39 bits per heavy atom. The fourth-order valence-electron chi connectivity index (χ4n) is 1.66. The third kappa shape index (κ3) is 5.63. The molecule has 2 amide bonds. The highest BCUT2D eigenvalue weighted by atomic mass is 16.2. The summed E-state index contributed by atoms with van der Waals surface area (Å²) in [5.74, 6) is 0. The molecule has 0 bridgehead atoms. The van der Waals surface area contributed by atoms with Crippen molar-refractivity contribution >= 4 is 11.7 Å². The number of pyridine rings is 1. The van der Waals surface area contributed by atoms with Gasteiger partial charge in [-0.2, -0.15) is 0 Å². The predicted molar refractivity (Wildman–Crippen MR) is 73.7 cm³/mol. The number of urea groups is 1. The smallest absolute Gasteiger partial charge is 0.319 e. The predicted octanol–water partition coefficient (Wildman–Crippen LogP) is 1.93. The maximum atomic E-state index is 11.5. The number of anilines is 1. The minimum Gasteiger partial charge on any atom is -0.338 e. The Balaban J connectivity index is 2.14. The number of hydrogen-bond donors (Lipinski definition) is 2. The second-order valence-corrected chi connectivity index (χ2v) is 4.00. The third-order valence-electron chi connectivity index (χ3n) is 2.75. The lowest BCUT2D eigenvalue weighted by Gasteiger charge is -2.17. The lowest BCUT2D eigenvalue weighted by molar-refractivity contribution is 0.250. The number of carbonyl (C=O) groups is 1. The van der Waals surface area contributed by atoms with Crippen LogP contribution in [0.3, 0.4) is 0 Å². The van der Waals surface area contributed by atoms with Crippen LogP contribution in [0.1, 0.15) is 20.3 Å². The number of aromatic nitrogens is 1. The largest absolute Gasteiger partial charge is 0.338 e. The van der Waals surface area contributed by atoms with E-state index >= 15 is 0 Å². The van der Waals surface area contributed by atoms with Gasteiger partial charge in [0.05, 0.1) is 11.9 Å². The molecule has 0 saturated carbocycles. The molecule has 0 aromatic carbocycles. The number of nitrogens with one attached hydrogen (secondary N) is 2. The minimum atomic E-state index is -0.178. The van der Waals surface area contributed by atoms with E-state index in [-0.39, 0.29) is 6.03 Å². The Bertz CT molecular complexity index is 338. The van der Waals surface area contributed by atoms with Gasteiger partial charge in [0.2, 0.25) is 0 Å². The van der Waals surface area contributed by atoms with Crippen LogP contribution in [0.25, 0.3) is 0 Å². The van der Waals surface area contributed by atoms with Crippen LogP contribution in [0.2, 0.25) is 0 Å². The van der Waals surface area contributed by atoms with Crippen molar-refractivity contribution in [2.75, 3.05) is 31.5 Å². The number of nitrogens with zero attached hydrogens (tertiary/aromatic N) is 2. The molecule has 5 heteroatoms. The molecule has 0 radical (unpaired) electrons. The first kappa shape index (κ1) is 14.4. The maximum Gasteiger partial charge on any atom is 0.319 e. The Morgan fingerprint density at radius 2 is 2.17 bits per heavy atom. The van der Waals surface area contributed by atoms with Gasteiger partial charge in [-0.3, -0.25) is 4.98 Å². The van der Waals surface area contributed by atoms with Gasteiger partial charge in [-0.05, 0) is 38.2 Å². The van der Waals surface area contributed by atoms with E-state index in [0.29, 0.717) is 12.2 Å². The van der Waals surface area contributed by atoms with Crippen molar-refractivity contribution in [3.63, 3.8) is 0 Å². The summed E-state index contributed by atoms with van der Waals surface area (Å²) in [7, 11) is 0. The van der Waals surface area contributed by atoms with Crippen LogP contribution in [0.15, 0.2) is 24.5 Å². The second kappa shape index (κ2) is 8.47. The van der Waals surface area contributed by atoms with Crippen LogP contribution in [0.4, 0.5) is 10.5 Å². The van der Waals surface area contributed by atoms with Crippen LogP contribution in [-0.4, -0.2) is 42.1 Å². The molecular formula is C13H22N4O. The molecule has 1 aromatic heterocycles. The number of rotatable bonds is 7. The second-order valence-electron chi connectivity index (χ2n) is 4.00. The van der Waals surface area contributed by atoms with Gasteiger partial charge < -0.3 is 15.5 Å². The maximum absolute atomic E-state index is 11.5. The summed E-state index contributed by atoms with van der Waals surface area (Å²) in [6.07, 6.45) is 4.25. The molecule has 5 nitrogen and oxygen atoms in total. The van der Waals surface area contributed by atoms with E-state index < -0.39 is 0 Å². The number of hydrogen-bond acceptors (Lipinski definition) is 3. The fraction of sp³-hybridized carbons (Fsp3) is 0.538. The quantitative estimate of drug-likeness (QED) is 0.727. The Morgan fingerprint density at radius 3 is 2.78 bits per heavy atom. The SMILES string of the molecule is CCN(CC)CCCNC(=O)Nc1cccnc1. The Hall–Kier alpha value is -1.62. The first-order chi connectivity index (χ1) is 8.76. The van der Waals surface area contributed by atoms with E-state index in [1.165, 1.54) is 0 Å². The average molecular weight is 250 g/mol. The normalized spacial score (nSPS) is 10.4. The minimum absolute atomic E-state index is 0.178. The van der Waals surface area contributed by atoms with E-state index in [1.54, 1.807) is 18.5 Å². The van der Waals surface area contributed by atoms with Crippen molar-refractivity contribution in [1.82, 2.24) is 15.2 Å². The van der Waals surface area contributed by atoms with Crippen molar-refractivity contribution in [2.45, 2.75) is 20.3 Å². The van der Waals surface area contributed by atoms with Gasteiger partial charge in [-0.25, -0.2) is 4.79 Å². The third-order valence-corrected chi connectivity index (χ3v) is 2.75. The molecule has 2 N–H and O–H groups in total. The zero-order valence-electron chi connectivity index (χ0n) is 11.1. The average Bonchev–Trinajstić information content (AvgIpc) is 2.40. The zero-order chi connectivity index (χ0) is 13.2. The first-order valence-electron chi connectivity index (χ1n) is 6.43. The summed E-state index contributed by atoms with van der Waals surface area (Å²) in [5.41, 5.74) is 0.707. The molecule has 0 spiro atoms. The zero-order valence-corrected chi connectivity index (χ0v) is 11.1. The summed E-state index contributed by atoms with van der Waals surface area (Å²) < 4.78 is 0. The highest BCUT2D eigenvalue weighted by Crippen LogP contribution is 2.01. The monoisotopic (exact) mass is 250 g/mol. The summed E-state index contributed by atoms with van der Waals surface area (Å²) >= 11 is 0. The standard InChI is InChI=1S/C13H22N4O/c1-3-17(4-2)10-6-9-15-13(18)16-12-7-5-8-14-11-12/h5,7-8,11H,3-4,6,9-10H2,1-2H3,(H2,15,16,18). The van der Waals surface area contributed by atoms with Crippen molar-refractivity contribution < 1.29 is 4.79 Å². The van der Waals surface area contributed by atoms with Gasteiger partial charge in [-0.15, -0.1) is 0 Å². The van der Waals surface area contributed by atoms with Crippen LogP contribution >= 0.6 is 0 Å². The van der Waals surface area contributed by atoms with Gasteiger partial charge in [0.1, 0.15) is 0 Å². The molecule has 0 aliphatic rings. The molecule has 0 atom stereocenters. The summed E-state index contributed by atoms with van der Waals surface area (Å²) in [6.45, 7) is 8.09. The van der Waals surface area contributed by atoms with Gasteiger partial charge in [-0.1, -0.05) is 13.8 Å². The number of carbonyl (C=O) groups excluding carboxylic acids is 1. The molecule has 18 heavy (non-hydrogen) atoms. The molecule has 1 heterocycles. The molecule has 1 rings (SSSR count). The van der Waals surface area contributed by atoms with E-state index in [9.17, 15) is 4.79 Å². The van der Waals surface area contributed by atoms with Gasteiger partial charge >= 0.3 is 6.03 Å². The van der Waals surface area contributed by atoms with Crippen LogP contribution in [0, 0.1) is 0 Å². The van der Waals surface area contributed by atoms with Crippen molar-refractivity contribution in [1.29, 1.82) is 0 Å². The fourth-order valence-corrected chi connectivity index (χ4v) is 1.66. The Kier molecular flexibility index (Phi) is 6.79.